The summed E-state index contributed by atoms with van der Waals surface area (Å²) in [4.78, 5) is 16.4. The number of aliphatic hydroxyl groups excluding tert-OH is 1. The number of rotatable bonds is 7. The molecule has 0 unspecified atom stereocenters. The van der Waals surface area contributed by atoms with Crippen LogP contribution in [0.25, 0.3) is 0 Å². The highest BCUT2D eigenvalue weighted by atomic mass is 19.3. The Morgan fingerprint density at radius 1 is 1.30 bits per heavy atom. The lowest BCUT2D eigenvalue weighted by Gasteiger charge is -2.30. The maximum Gasteiger partial charge on any atom is 0.261 e. The maximum absolute atomic E-state index is 13.5. The number of nitrogens with zero attached hydrogens (tertiary/aromatic N) is 2. The van der Waals surface area contributed by atoms with Crippen molar-refractivity contribution in [2.24, 2.45) is 11.8 Å². The zero-order chi connectivity index (χ0) is 19.4. The van der Waals surface area contributed by atoms with Gasteiger partial charge in [0.2, 0.25) is 5.91 Å². The number of aryl methyl sites for hydroxylation is 1. The number of benzene rings is 1. The van der Waals surface area contributed by atoms with Crippen molar-refractivity contribution in [1.29, 1.82) is 0 Å². The summed E-state index contributed by atoms with van der Waals surface area (Å²) >= 11 is 0. The maximum atomic E-state index is 13.5. The van der Waals surface area contributed by atoms with Gasteiger partial charge in [-0.3, -0.25) is 9.69 Å². The van der Waals surface area contributed by atoms with E-state index < -0.39 is 5.92 Å². The fraction of sp³-hybridized carbons (Fsp3) is 0.667. The molecule has 0 aliphatic carbocycles. The number of aliphatic hydroxyl groups is 1. The van der Waals surface area contributed by atoms with Gasteiger partial charge in [-0.05, 0) is 23.8 Å². The molecule has 2 aliphatic heterocycles. The number of halogens is 2. The Balaban J connectivity index is 1.63. The molecule has 150 valence electrons. The first-order chi connectivity index (χ1) is 12.9. The van der Waals surface area contributed by atoms with Crippen LogP contribution in [0.15, 0.2) is 30.3 Å². The van der Waals surface area contributed by atoms with Gasteiger partial charge in [-0.1, -0.05) is 43.7 Å². The lowest BCUT2D eigenvalue weighted by molar-refractivity contribution is -0.133. The van der Waals surface area contributed by atoms with Crippen LogP contribution < -0.4 is 0 Å². The molecule has 2 aliphatic rings. The molecule has 6 heteroatoms. The van der Waals surface area contributed by atoms with E-state index in [2.05, 4.69) is 6.92 Å². The van der Waals surface area contributed by atoms with E-state index in [1.54, 1.807) is 9.80 Å². The van der Waals surface area contributed by atoms with Gasteiger partial charge >= 0.3 is 0 Å². The van der Waals surface area contributed by atoms with E-state index in [-0.39, 0.29) is 43.4 Å². The molecule has 0 spiro atoms. The number of amides is 1. The summed E-state index contributed by atoms with van der Waals surface area (Å²) in [5, 5.41) is 9.97. The number of hydrogen-bond acceptors (Lipinski definition) is 3. The van der Waals surface area contributed by atoms with Crippen LogP contribution in [-0.4, -0.2) is 65.6 Å². The molecule has 2 heterocycles. The lowest BCUT2D eigenvalue weighted by atomic mass is 9.88. The number of alkyl halides is 2. The highest BCUT2D eigenvalue weighted by molar-refractivity contribution is 5.77. The molecule has 1 aromatic carbocycles. The van der Waals surface area contributed by atoms with Crippen LogP contribution in [0.3, 0.4) is 0 Å². The van der Waals surface area contributed by atoms with Crippen LogP contribution in [0, 0.1) is 11.8 Å². The standard InChI is InChI=1S/C21H30F2N2O2/c1-2-17-12-25(20(27)9-8-16-6-4-3-5-7-16)19(14-26)18(17)13-24-11-10-21(22,23)15-24/h3-7,17-19,26H,2,8-15H2,1H3/t17-,18-,19-/m1/s1. The summed E-state index contributed by atoms with van der Waals surface area (Å²) in [5.41, 5.74) is 1.12. The third-order valence-corrected chi connectivity index (χ3v) is 6.15. The molecule has 0 radical (unpaired) electrons. The van der Waals surface area contributed by atoms with Crippen LogP contribution in [0.1, 0.15) is 31.7 Å². The molecule has 1 amide bonds. The fourth-order valence-electron chi connectivity index (χ4n) is 4.59. The summed E-state index contributed by atoms with van der Waals surface area (Å²) in [7, 11) is 0. The topological polar surface area (TPSA) is 43.8 Å². The van der Waals surface area contributed by atoms with Gasteiger partial charge in [-0.15, -0.1) is 0 Å². The predicted octanol–water partition coefficient (Wildman–Crippen LogP) is 2.81. The molecule has 0 saturated carbocycles. The van der Waals surface area contributed by atoms with Crippen LogP contribution >= 0.6 is 0 Å². The summed E-state index contributed by atoms with van der Waals surface area (Å²) in [5.74, 6) is -2.27. The summed E-state index contributed by atoms with van der Waals surface area (Å²) in [6.45, 7) is 3.29. The zero-order valence-electron chi connectivity index (χ0n) is 16.0. The average molecular weight is 380 g/mol. The highest BCUT2D eigenvalue weighted by Gasteiger charge is 2.45. The van der Waals surface area contributed by atoms with Gasteiger partial charge in [0, 0.05) is 32.5 Å². The van der Waals surface area contributed by atoms with E-state index in [9.17, 15) is 18.7 Å². The van der Waals surface area contributed by atoms with E-state index in [4.69, 9.17) is 0 Å². The molecular formula is C21H30F2N2O2. The number of hydrogen-bond donors (Lipinski definition) is 1. The Labute approximate surface area is 160 Å². The van der Waals surface area contributed by atoms with Crippen LogP contribution in [0.4, 0.5) is 8.78 Å². The molecule has 0 aromatic heterocycles. The SMILES string of the molecule is CC[C@@H]1CN(C(=O)CCc2ccccc2)[C@H](CO)[C@@H]1CN1CCC(F)(F)C1. The normalized spacial score (nSPS) is 28.0. The second-order valence-corrected chi connectivity index (χ2v) is 7.95. The van der Waals surface area contributed by atoms with Crippen molar-refractivity contribution in [2.75, 3.05) is 32.8 Å². The van der Waals surface area contributed by atoms with E-state index in [1.165, 1.54) is 0 Å². The van der Waals surface area contributed by atoms with Crippen LogP contribution in [0.2, 0.25) is 0 Å². The monoisotopic (exact) mass is 380 g/mol. The molecule has 3 atom stereocenters. The molecule has 27 heavy (non-hydrogen) atoms. The van der Waals surface area contributed by atoms with Crippen molar-refractivity contribution < 1.29 is 18.7 Å². The minimum Gasteiger partial charge on any atom is -0.394 e. The van der Waals surface area contributed by atoms with Crippen molar-refractivity contribution in [3.8, 4) is 0 Å². The third kappa shape index (κ3) is 4.85. The smallest absolute Gasteiger partial charge is 0.261 e. The quantitative estimate of drug-likeness (QED) is 0.791. The van der Waals surface area contributed by atoms with Gasteiger partial charge in [-0.25, -0.2) is 8.78 Å². The Morgan fingerprint density at radius 3 is 2.63 bits per heavy atom. The van der Waals surface area contributed by atoms with Crippen LogP contribution in [0.5, 0.6) is 0 Å². The molecule has 1 N–H and O–H groups in total. The summed E-state index contributed by atoms with van der Waals surface area (Å²) in [6, 6.07) is 9.61. The number of carbonyl (C=O) groups excluding carboxylic acids is 1. The van der Waals surface area contributed by atoms with E-state index in [1.807, 2.05) is 30.3 Å². The first-order valence-corrected chi connectivity index (χ1v) is 9.98. The average Bonchev–Trinajstić information content (AvgIpc) is 3.19. The number of likely N-dealkylation sites (tertiary alicyclic amines) is 2. The van der Waals surface area contributed by atoms with Gasteiger partial charge in [0.25, 0.3) is 5.92 Å². The highest BCUT2D eigenvalue weighted by Crippen LogP contribution is 2.35. The van der Waals surface area contributed by atoms with Crippen molar-refractivity contribution in [3.05, 3.63) is 35.9 Å². The minimum absolute atomic E-state index is 0.0469. The first kappa shape index (κ1) is 20.2. The zero-order valence-corrected chi connectivity index (χ0v) is 16.0. The fourth-order valence-corrected chi connectivity index (χ4v) is 4.59. The van der Waals surface area contributed by atoms with Gasteiger partial charge in [0.05, 0.1) is 19.2 Å². The lowest BCUT2D eigenvalue weighted by Crippen LogP contribution is -2.43. The Morgan fingerprint density at radius 2 is 2.04 bits per heavy atom. The van der Waals surface area contributed by atoms with Crippen molar-refractivity contribution in [1.82, 2.24) is 9.80 Å². The molecular weight excluding hydrogens is 350 g/mol. The van der Waals surface area contributed by atoms with E-state index in [0.29, 0.717) is 32.5 Å². The van der Waals surface area contributed by atoms with Crippen LogP contribution in [-0.2, 0) is 11.2 Å². The predicted molar refractivity (Wildman–Crippen MR) is 101 cm³/mol. The second kappa shape index (κ2) is 8.65. The van der Waals surface area contributed by atoms with Gasteiger partial charge in [0.1, 0.15) is 0 Å². The van der Waals surface area contributed by atoms with Crippen molar-refractivity contribution in [2.45, 2.75) is 44.6 Å². The number of carbonyl (C=O) groups is 1. The van der Waals surface area contributed by atoms with Gasteiger partial charge in [0.15, 0.2) is 0 Å². The summed E-state index contributed by atoms with van der Waals surface area (Å²) < 4.78 is 27.1. The van der Waals surface area contributed by atoms with E-state index >= 15 is 0 Å². The molecule has 2 saturated heterocycles. The minimum atomic E-state index is -2.61. The van der Waals surface area contributed by atoms with Crippen molar-refractivity contribution >= 4 is 5.91 Å². The largest absolute Gasteiger partial charge is 0.394 e. The summed E-state index contributed by atoms with van der Waals surface area (Å²) in [6.07, 6.45) is 1.87. The van der Waals surface area contributed by atoms with Crippen molar-refractivity contribution in [3.63, 3.8) is 0 Å². The molecule has 3 rings (SSSR count). The molecule has 2 fully saturated rings. The third-order valence-electron chi connectivity index (χ3n) is 6.15. The van der Waals surface area contributed by atoms with E-state index in [0.717, 1.165) is 12.0 Å². The molecule has 0 bridgehead atoms. The van der Waals surface area contributed by atoms with Gasteiger partial charge in [-0.2, -0.15) is 0 Å². The Bertz CT molecular complexity index is 626. The van der Waals surface area contributed by atoms with Gasteiger partial charge < -0.3 is 10.0 Å². The second-order valence-electron chi connectivity index (χ2n) is 7.95. The molecule has 1 aromatic rings. The Hall–Kier alpha value is -1.53. The first-order valence-electron chi connectivity index (χ1n) is 9.98. The molecule has 4 nitrogen and oxygen atoms in total. The Kier molecular flexibility index (Phi) is 6.48.